The van der Waals surface area contributed by atoms with Gasteiger partial charge in [-0.1, -0.05) is 12.8 Å². The first kappa shape index (κ1) is 11.2. The van der Waals surface area contributed by atoms with Crippen LogP contribution in [-0.2, 0) is 0 Å². The molecule has 0 unspecified atom stereocenters. The number of aliphatic hydroxyl groups is 1. The third-order valence-electron chi connectivity index (χ3n) is 3.14. The second kappa shape index (κ2) is 4.29. The Labute approximate surface area is 94.9 Å². The highest BCUT2D eigenvalue weighted by molar-refractivity contribution is 5.91. The highest BCUT2D eigenvalue weighted by Gasteiger charge is 2.33. The zero-order chi connectivity index (χ0) is 11.6. The first-order valence-corrected chi connectivity index (χ1v) is 5.62. The summed E-state index contributed by atoms with van der Waals surface area (Å²) in [5.74, 6) is 0.148. The van der Waals surface area contributed by atoms with E-state index in [1.807, 2.05) is 0 Å². The summed E-state index contributed by atoms with van der Waals surface area (Å²) in [5.41, 5.74) is -0.697. The predicted octanol–water partition coefficient (Wildman–Crippen LogP) is 1.66. The van der Waals surface area contributed by atoms with Crippen LogP contribution in [0.25, 0.3) is 0 Å². The molecule has 88 valence electrons. The van der Waals surface area contributed by atoms with Crippen LogP contribution in [0.2, 0.25) is 0 Å². The van der Waals surface area contributed by atoms with Gasteiger partial charge in [0.1, 0.15) is 0 Å². The van der Waals surface area contributed by atoms with Gasteiger partial charge < -0.3 is 14.4 Å². The van der Waals surface area contributed by atoms with Crippen molar-refractivity contribution in [3.8, 4) is 0 Å². The van der Waals surface area contributed by atoms with Crippen LogP contribution in [0.5, 0.6) is 0 Å². The van der Waals surface area contributed by atoms with Crippen molar-refractivity contribution >= 4 is 5.91 Å². The summed E-state index contributed by atoms with van der Waals surface area (Å²) in [6.45, 7) is 0.381. The molecule has 4 heteroatoms. The Bertz CT molecular complexity index is 352. The van der Waals surface area contributed by atoms with Crippen molar-refractivity contribution in [2.45, 2.75) is 31.3 Å². The Hall–Kier alpha value is -1.29. The van der Waals surface area contributed by atoms with Gasteiger partial charge >= 0.3 is 0 Å². The van der Waals surface area contributed by atoms with Crippen LogP contribution >= 0.6 is 0 Å². The zero-order valence-electron chi connectivity index (χ0n) is 9.48. The highest BCUT2D eigenvalue weighted by Crippen LogP contribution is 2.30. The van der Waals surface area contributed by atoms with Gasteiger partial charge in [-0.3, -0.25) is 4.79 Å². The van der Waals surface area contributed by atoms with Crippen molar-refractivity contribution in [2.75, 3.05) is 13.6 Å². The molecule has 0 aliphatic heterocycles. The maximum atomic E-state index is 11.9. The molecule has 1 aromatic rings. The SMILES string of the molecule is CN(CC1(O)CCCC1)C(=O)c1ccco1. The van der Waals surface area contributed by atoms with E-state index in [1.54, 1.807) is 19.2 Å². The number of likely N-dealkylation sites (N-methyl/N-ethyl adjacent to an activating group) is 1. The lowest BCUT2D eigenvalue weighted by Gasteiger charge is -2.28. The number of rotatable bonds is 3. The molecule has 1 heterocycles. The Kier molecular flexibility index (Phi) is 3.01. The topological polar surface area (TPSA) is 53.7 Å². The van der Waals surface area contributed by atoms with E-state index in [1.165, 1.54) is 11.2 Å². The van der Waals surface area contributed by atoms with Gasteiger partial charge in [0.2, 0.25) is 0 Å². The van der Waals surface area contributed by atoms with Crippen molar-refractivity contribution in [3.63, 3.8) is 0 Å². The van der Waals surface area contributed by atoms with E-state index in [4.69, 9.17) is 4.42 Å². The van der Waals surface area contributed by atoms with Crippen molar-refractivity contribution in [2.24, 2.45) is 0 Å². The van der Waals surface area contributed by atoms with E-state index in [2.05, 4.69) is 0 Å². The average Bonchev–Trinajstić information content (AvgIpc) is 2.87. The quantitative estimate of drug-likeness (QED) is 0.847. The van der Waals surface area contributed by atoms with Gasteiger partial charge in [-0.25, -0.2) is 0 Å². The molecule has 0 radical (unpaired) electrons. The number of amides is 1. The summed E-state index contributed by atoms with van der Waals surface area (Å²) in [6, 6.07) is 3.32. The molecular weight excluding hydrogens is 206 g/mol. The van der Waals surface area contributed by atoms with Crippen molar-refractivity contribution < 1.29 is 14.3 Å². The number of hydrogen-bond acceptors (Lipinski definition) is 3. The predicted molar refractivity (Wildman–Crippen MR) is 59.1 cm³/mol. The van der Waals surface area contributed by atoms with E-state index in [0.717, 1.165) is 25.7 Å². The maximum Gasteiger partial charge on any atom is 0.289 e. The Morgan fingerprint density at radius 1 is 1.56 bits per heavy atom. The lowest BCUT2D eigenvalue weighted by Crippen LogP contribution is -2.41. The molecule has 0 spiro atoms. The van der Waals surface area contributed by atoms with Crippen LogP contribution in [0.1, 0.15) is 36.2 Å². The van der Waals surface area contributed by atoms with Crippen molar-refractivity contribution in [3.05, 3.63) is 24.2 Å². The second-order valence-corrected chi connectivity index (χ2v) is 4.57. The Morgan fingerprint density at radius 2 is 2.25 bits per heavy atom. The molecule has 16 heavy (non-hydrogen) atoms. The molecule has 0 atom stereocenters. The molecule has 1 aliphatic rings. The van der Waals surface area contributed by atoms with Gasteiger partial charge in [0.15, 0.2) is 5.76 Å². The van der Waals surface area contributed by atoms with E-state index in [-0.39, 0.29) is 5.91 Å². The van der Waals surface area contributed by atoms with Gasteiger partial charge in [-0.15, -0.1) is 0 Å². The molecule has 4 nitrogen and oxygen atoms in total. The standard InChI is InChI=1S/C12H17NO3/c1-13(9-12(15)6-2-3-7-12)11(14)10-5-4-8-16-10/h4-5,8,15H,2-3,6-7,9H2,1H3. The molecular formula is C12H17NO3. The van der Waals surface area contributed by atoms with Crippen LogP contribution in [0.15, 0.2) is 22.8 Å². The van der Waals surface area contributed by atoms with Crippen molar-refractivity contribution in [1.82, 2.24) is 4.90 Å². The first-order valence-electron chi connectivity index (χ1n) is 5.62. The van der Waals surface area contributed by atoms with Gasteiger partial charge in [0.25, 0.3) is 5.91 Å². The first-order chi connectivity index (χ1) is 7.61. The summed E-state index contributed by atoms with van der Waals surface area (Å²) in [5, 5.41) is 10.2. The maximum absolute atomic E-state index is 11.9. The fourth-order valence-corrected chi connectivity index (χ4v) is 2.29. The fraction of sp³-hybridized carbons (Fsp3) is 0.583. The van der Waals surface area contributed by atoms with Crippen LogP contribution in [-0.4, -0.2) is 35.1 Å². The van der Waals surface area contributed by atoms with Gasteiger partial charge in [-0.05, 0) is 25.0 Å². The van der Waals surface area contributed by atoms with Gasteiger partial charge in [0.05, 0.1) is 11.9 Å². The summed E-state index contributed by atoms with van der Waals surface area (Å²) >= 11 is 0. The van der Waals surface area contributed by atoms with Gasteiger partial charge in [-0.2, -0.15) is 0 Å². The summed E-state index contributed by atoms with van der Waals surface area (Å²) in [6.07, 6.45) is 5.12. The molecule has 0 saturated heterocycles. The minimum absolute atomic E-state index is 0.176. The third kappa shape index (κ3) is 2.27. The zero-order valence-corrected chi connectivity index (χ0v) is 9.48. The lowest BCUT2D eigenvalue weighted by molar-refractivity contribution is 0.0146. The van der Waals surface area contributed by atoms with Crippen molar-refractivity contribution in [1.29, 1.82) is 0 Å². The number of carbonyl (C=O) groups is 1. The Balaban J connectivity index is 1.97. The largest absolute Gasteiger partial charge is 0.459 e. The number of carbonyl (C=O) groups excluding carboxylic acids is 1. The van der Waals surface area contributed by atoms with Gasteiger partial charge in [0, 0.05) is 13.6 Å². The molecule has 1 saturated carbocycles. The molecule has 0 bridgehead atoms. The monoisotopic (exact) mass is 223 g/mol. The van der Waals surface area contributed by atoms with E-state index >= 15 is 0 Å². The lowest BCUT2D eigenvalue weighted by atomic mass is 10.0. The van der Waals surface area contributed by atoms with Crippen LogP contribution < -0.4 is 0 Å². The summed E-state index contributed by atoms with van der Waals surface area (Å²) in [4.78, 5) is 13.4. The van der Waals surface area contributed by atoms with E-state index in [9.17, 15) is 9.90 Å². The van der Waals surface area contributed by atoms with Crippen LogP contribution in [0, 0.1) is 0 Å². The minimum atomic E-state index is -0.697. The number of furan rings is 1. The molecule has 1 N–H and O–H groups in total. The van der Waals surface area contributed by atoms with Crippen LogP contribution in [0.3, 0.4) is 0 Å². The minimum Gasteiger partial charge on any atom is -0.459 e. The summed E-state index contributed by atoms with van der Waals surface area (Å²) in [7, 11) is 1.70. The second-order valence-electron chi connectivity index (χ2n) is 4.57. The van der Waals surface area contributed by atoms with Crippen LogP contribution in [0.4, 0.5) is 0 Å². The normalized spacial score (nSPS) is 18.6. The third-order valence-corrected chi connectivity index (χ3v) is 3.14. The molecule has 1 aromatic heterocycles. The average molecular weight is 223 g/mol. The number of hydrogen-bond donors (Lipinski definition) is 1. The van der Waals surface area contributed by atoms with E-state index in [0.29, 0.717) is 12.3 Å². The smallest absolute Gasteiger partial charge is 0.289 e. The molecule has 1 fully saturated rings. The fourth-order valence-electron chi connectivity index (χ4n) is 2.29. The summed E-state index contributed by atoms with van der Waals surface area (Å²) < 4.78 is 5.04. The molecule has 1 aliphatic carbocycles. The number of nitrogens with zero attached hydrogens (tertiary/aromatic N) is 1. The molecule has 2 rings (SSSR count). The highest BCUT2D eigenvalue weighted by atomic mass is 16.3. The molecule has 1 amide bonds. The molecule has 0 aromatic carbocycles. The Morgan fingerprint density at radius 3 is 2.81 bits per heavy atom. The van der Waals surface area contributed by atoms with E-state index < -0.39 is 5.60 Å².